The highest BCUT2D eigenvalue weighted by molar-refractivity contribution is 8.26. The van der Waals surface area contributed by atoms with E-state index in [0.717, 1.165) is 31.0 Å². The number of halogens is 1. The van der Waals surface area contributed by atoms with Crippen LogP contribution >= 0.6 is 23.2 Å². The molecule has 1 N–H and O–H groups in total. The van der Waals surface area contributed by atoms with Crippen molar-refractivity contribution < 1.29 is 0 Å². The number of hydrogen-bond donors (Lipinski definition) is 1. The zero-order valence-electron chi connectivity index (χ0n) is 18.4. The predicted octanol–water partition coefficient (Wildman–Crippen LogP) is 6.01. The molecule has 0 bridgehead atoms. The second-order valence-electron chi connectivity index (χ2n) is 9.16. The van der Waals surface area contributed by atoms with Crippen molar-refractivity contribution in [2.75, 3.05) is 25.9 Å². The number of piperidine rings is 1. The van der Waals surface area contributed by atoms with E-state index in [2.05, 4.69) is 66.6 Å². The highest BCUT2D eigenvalue weighted by Gasteiger charge is 2.44. The highest BCUT2D eigenvalue weighted by atomic mass is 35.5. The van der Waals surface area contributed by atoms with Gasteiger partial charge in [-0.05, 0) is 68.2 Å². The fraction of sp³-hybridized carbons (Fsp3) is 0.520. The van der Waals surface area contributed by atoms with Gasteiger partial charge in [-0.1, -0.05) is 54.8 Å². The van der Waals surface area contributed by atoms with Gasteiger partial charge in [-0.25, -0.2) is 11.6 Å². The molecule has 0 aromatic heterocycles. The minimum absolute atomic E-state index is 0.395. The summed E-state index contributed by atoms with van der Waals surface area (Å²) in [4.78, 5) is 2.55. The van der Waals surface area contributed by atoms with Gasteiger partial charge in [0.1, 0.15) is 0 Å². The Kier molecular flexibility index (Phi) is 7.07. The van der Waals surface area contributed by atoms with Gasteiger partial charge < -0.3 is 10.2 Å². The predicted molar refractivity (Wildman–Crippen MR) is 134 cm³/mol. The summed E-state index contributed by atoms with van der Waals surface area (Å²) in [7, 11) is 2.06. The molecule has 0 radical (unpaired) electrons. The van der Waals surface area contributed by atoms with Crippen LogP contribution in [0, 0.1) is 5.41 Å². The zero-order valence-corrected chi connectivity index (χ0v) is 20.0. The highest BCUT2D eigenvalue weighted by Crippen LogP contribution is 2.51. The lowest BCUT2D eigenvalue weighted by Gasteiger charge is -2.49. The average Bonchev–Trinajstić information content (AvgIpc) is 2.78. The van der Waals surface area contributed by atoms with Crippen LogP contribution in [0.3, 0.4) is 0 Å². The van der Waals surface area contributed by atoms with E-state index in [0.29, 0.717) is 17.4 Å². The molecule has 2 nitrogen and oxygen atoms in total. The van der Waals surface area contributed by atoms with E-state index in [-0.39, 0.29) is 0 Å². The maximum atomic E-state index is 6.03. The van der Waals surface area contributed by atoms with Crippen LogP contribution in [0.5, 0.6) is 0 Å². The van der Waals surface area contributed by atoms with Crippen molar-refractivity contribution in [3.05, 3.63) is 70.3 Å². The molecule has 5 heteroatoms. The number of benzene rings is 1. The van der Waals surface area contributed by atoms with Crippen LogP contribution in [0.4, 0.5) is 0 Å². The first kappa shape index (κ1) is 22.1. The summed E-state index contributed by atoms with van der Waals surface area (Å²) in [6.07, 6.45) is 12.1. The minimum atomic E-state index is 0.395. The molecule has 0 saturated carbocycles. The minimum Gasteiger partial charge on any atom is -0.375 e. The number of nitrogens with zero attached hydrogens (tertiary/aromatic N) is 1. The summed E-state index contributed by atoms with van der Waals surface area (Å²) in [6, 6.07) is 8.62. The largest absolute Gasteiger partial charge is 0.375 e. The average molecular weight is 441 g/mol. The van der Waals surface area contributed by atoms with Crippen LogP contribution in [0.25, 0.3) is 0 Å². The van der Waals surface area contributed by atoms with Crippen molar-refractivity contribution in [1.29, 1.82) is 0 Å². The summed E-state index contributed by atoms with van der Waals surface area (Å²) >= 11 is 8.20. The van der Waals surface area contributed by atoms with E-state index in [9.17, 15) is 0 Å². The van der Waals surface area contributed by atoms with Crippen molar-refractivity contribution in [3.8, 4) is 0 Å². The fourth-order valence-electron chi connectivity index (χ4n) is 5.31. The molecule has 1 spiro atoms. The number of allylic oxidation sites excluding steroid dienone is 4. The van der Waals surface area contributed by atoms with Crippen LogP contribution in [-0.2, 0) is 6.42 Å². The third-order valence-corrected chi connectivity index (χ3v) is 8.99. The second-order valence-corrected chi connectivity index (χ2v) is 10.9. The smallest absolute Gasteiger partial charge is 0.238 e. The van der Waals surface area contributed by atoms with Crippen LogP contribution in [0.2, 0.25) is 11.8 Å². The maximum absolute atomic E-state index is 6.03. The molecule has 1 unspecified atom stereocenters. The Morgan fingerprint density at radius 1 is 1.23 bits per heavy atom. The van der Waals surface area contributed by atoms with Gasteiger partial charge in [0.05, 0.1) is 0 Å². The molecule has 3 aliphatic rings. The summed E-state index contributed by atoms with van der Waals surface area (Å²) < 4.78 is 0. The maximum Gasteiger partial charge on any atom is 0.238 e. The van der Waals surface area contributed by atoms with Gasteiger partial charge in [0.2, 0.25) is 5.99 Å². The van der Waals surface area contributed by atoms with Gasteiger partial charge in [-0.15, -0.1) is 0 Å². The number of fused-ring (bicyclic) bond motifs is 2. The number of nitrogens with one attached hydrogen (secondary N) is 1. The van der Waals surface area contributed by atoms with Gasteiger partial charge >= 0.3 is 0 Å². The fourth-order valence-corrected chi connectivity index (χ4v) is 6.86. The molecule has 30 heavy (non-hydrogen) atoms. The summed E-state index contributed by atoms with van der Waals surface area (Å²) in [5.74, 6) is 1.95. The Morgan fingerprint density at radius 2 is 1.93 bits per heavy atom. The number of rotatable bonds is 6. The summed E-state index contributed by atoms with van der Waals surface area (Å²) in [5.41, 5.74) is 6.33. The SMILES string of the molecule is C=C(CC(Cc1ccc(Cl)cc1)NC)N1CCC2(CC1)CSB(C)C1=CCCC=C12. The number of likely N-dealkylation sites (tertiary alicyclic amines) is 1. The molecule has 0 amide bonds. The van der Waals surface area contributed by atoms with Gasteiger partial charge in [-0.2, -0.15) is 0 Å². The zero-order chi connectivity index (χ0) is 21.1. The quantitative estimate of drug-likeness (QED) is 0.545. The van der Waals surface area contributed by atoms with E-state index >= 15 is 0 Å². The van der Waals surface area contributed by atoms with Gasteiger partial charge in [0.25, 0.3) is 0 Å². The topological polar surface area (TPSA) is 15.3 Å². The van der Waals surface area contributed by atoms with E-state index in [1.807, 2.05) is 12.1 Å². The standard InChI is InChI=1S/C25H34BClN2S/c1-19(16-22(28-3)17-20-8-10-21(27)11-9-20)29-14-12-25(13-15-29)18-30-26(2)24-7-5-4-6-23(24)25/h6-11,22,28H,1,4-5,12-18H2,2-3H3. The molecule has 2 heterocycles. The molecular weight excluding hydrogens is 407 g/mol. The lowest BCUT2D eigenvalue weighted by Crippen LogP contribution is -2.46. The summed E-state index contributed by atoms with van der Waals surface area (Å²) in [6.45, 7) is 9.14. The first-order chi connectivity index (χ1) is 14.5. The molecular formula is C25H34BClN2S. The lowest BCUT2D eigenvalue weighted by molar-refractivity contribution is 0.175. The van der Waals surface area contributed by atoms with Crippen LogP contribution in [0.1, 0.15) is 37.7 Å². The van der Waals surface area contributed by atoms with E-state index < -0.39 is 0 Å². The molecule has 1 aliphatic carbocycles. The van der Waals surface area contributed by atoms with E-state index in [1.54, 1.807) is 11.0 Å². The molecule has 2 saturated heterocycles. The number of hydrogen-bond acceptors (Lipinski definition) is 3. The van der Waals surface area contributed by atoms with Crippen molar-refractivity contribution in [2.24, 2.45) is 5.41 Å². The van der Waals surface area contributed by atoms with Gasteiger partial charge in [0.15, 0.2) is 0 Å². The molecule has 160 valence electrons. The summed E-state index contributed by atoms with van der Waals surface area (Å²) in [5, 5.41) is 4.29. The molecule has 1 aromatic rings. The lowest BCUT2D eigenvalue weighted by atomic mass is 9.56. The van der Waals surface area contributed by atoms with Crippen LogP contribution in [-0.4, -0.2) is 42.8 Å². The van der Waals surface area contributed by atoms with Crippen molar-refractivity contribution in [1.82, 2.24) is 10.2 Å². The van der Waals surface area contributed by atoms with Crippen molar-refractivity contribution in [2.45, 2.75) is 51.4 Å². The van der Waals surface area contributed by atoms with Crippen LogP contribution in [0.15, 0.2) is 59.7 Å². The van der Waals surface area contributed by atoms with Crippen LogP contribution < -0.4 is 5.32 Å². The van der Waals surface area contributed by atoms with Gasteiger partial charge in [-0.3, -0.25) is 0 Å². The molecule has 2 fully saturated rings. The van der Waals surface area contributed by atoms with E-state index in [4.69, 9.17) is 11.6 Å². The first-order valence-electron chi connectivity index (χ1n) is 11.4. The third kappa shape index (κ3) is 4.71. The van der Waals surface area contributed by atoms with Crippen molar-refractivity contribution in [3.63, 3.8) is 0 Å². The Labute approximate surface area is 192 Å². The normalized spacial score (nSPS) is 21.7. The second kappa shape index (κ2) is 9.59. The molecule has 4 rings (SSSR count). The van der Waals surface area contributed by atoms with E-state index in [1.165, 1.54) is 42.7 Å². The Morgan fingerprint density at radius 3 is 2.63 bits per heavy atom. The Balaban J connectivity index is 1.35. The first-order valence-corrected chi connectivity index (χ1v) is 12.8. The Bertz CT molecular complexity index is 824. The van der Waals surface area contributed by atoms with Gasteiger partial charge in [0, 0.05) is 41.7 Å². The van der Waals surface area contributed by atoms with Crippen molar-refractivity contribution >= 4 is 29.2 Å². The molecule has 1 aromatic carbocycles. The molecule has 2 aliphatic heterocycles. The molecule has 1 atom stereocenters. The monoisotopic (exact) mass is 440 g/mol. The third-order valence-electron chi connectivity index (χ3n) is 7.26. The Hall–Kier alpha value is -1.10. The number of likely N-dealkylation sites (N-methyl/N-ethyl adjacent to an activating group) is 1.